The molecule has 2 unspecified atom stereocenters. The van der Waals surface area contributed by atoms with Crippen LogP contribution in [0.15, 0.2) is 54.4 Å². The lowest BCUT2D eigenvalue weighted by molar-refractivity contribution is -0.274. The summed E-state index contributed by atoms with van der Waals surface area (Å²) in [5, 5.41) is 8.17. The van der Waals surface area contributed by atoms with Crippen LogP contribution in [0.4, 0.5) is 19.1 Å². The Kier molecular flexibility index (Phi) is 6.27. The molecule has 1 saturated carbocycles. The fourth-order valence-electron chi connectivity index (χ4n) is 5.54. The molecule has 1 saturated heterocycles. The van der Waals surface area contributed by atoms with Gasteiger partial charge in [-0.05, 0) is 54.7 Å². The molecule has 0 amide bonds. The molecule has 3 N–H and O–H groups in total. The van der Waals surface area contributed by atoms with E-state index in [4.69, 9.17) is 22.9 Å². The van der Waals surface area contributed by atoms with E-state index in [2.05, 4.69) is 27.0 Å². The van der Waals surface area contributed by atoms with E-state index in [1.165, 1.54) is 12.1 Å². The molecule has 7 nitrogen and oxygen atoms in total. The number of anilines is 1. The Morgan fingerprint density at radius 2 is 1.94 bits per heavy atom. The molecule has 5 rings (SSSR count). The monoisotopic (exact) mass is 516 g/mol. The molecule has 2 fully saturated rings. The number of nitrogens with one attached hydrogen (secondary N) is 1. The highest BCUT2D eigenvalue weighted by atomic mass is 32.1. The van der Waals surface area contributed by atoms with Crippen LogP contribution >= 0.6 is 12.2 Å². The summed E-state index contributed by atoms with van der Waals surface area (Å²) >= 11 is 5.56. The maximum absolute atomic E-state index is 12.5. The number of alkyl halides is 3. The van der Waals surface area contributed by atoms with E-state index in [9.17, 15) is 13.2 Å². The SMILES string of the molecule is CCC1C2CN(C(=S)C=C(C)N)C[C@H]2[C@@H]1Nc1nc2c(-c3ccc(OC(F)(F)F)cc3)cccn2n1. The Labute approximate surface area is 212 Å². The number of hydrogen-bond donors (Lipinski definition) is 2. The van der Waals surface area contributed by atoms with Crippen LogP contribution in [0.5, 0.6) is 5.75 Å². The summed E-state index contributed by atoms with van der Waals surface area (Å²) in [5.74, 6) is 1.74. The van der Waals surface area contributed by atoms with E-state index in [1.54, 1.807) is 22.8 Å². The average Bonchev–Trinajstić information content (AvgIpc) is 3.39. The van der Waals surface area contributed by atoms with Crippen LogP contribution in [-0.4, -0.2) is 50.0 Å². The number of fused-ring (bicyclic) bond motifs is 2. The minimum absolute atomic E-state index is 0.232. The number of rotatable bonds is 6. The molecule has 11 heteroatoms. The Balaban J connectivity index is 1.35. The molecule has 0 radical (unpaired) electrons. The lowest BCUT2D eigenvalue weighted by Crippen LogP contribution is -2.54. The molecule has 190 valence electrons. The van der Waals surface area contributed by atoms with Crippen molar-refractivity contribution in [2.75, 3.05) is 18.4 Å². The molecule has 0 spiro atoms. The summed E-state index contributed by atoms with van der Waals surface area (Å²) in [6.45, 7) is 5.83. The number of nitrogens with zero attached hydrogens (tertiary/aromatic N) is 4. The zero-order chi connectivity index (χ0) is 25.6. The minimum Gasteiger partial charge on any atom is -0.406 e. The first kappa shape index (κ1) is 24.4. The fraction of sp³-hybridized carbons (Fsp3) is 0.400. The van der Waals surface area contributed by atoms with E-state index < -0.39 is 6.36 Å². The predicted molar refractivity (Wildman–Crippen MR) is 135 cm³/mol. The van der Waals surface area contributed by atoms with Crippen LogP contribution in [0.2, 0.25) is 0 Å². The van der Waals surface area contributed by atoms with Crippen LogP contribution in [0, 0.1) is 17.8 Å². The van der Waals surface area contributed by atoms with Crippen LogP contribution in [0.25, 0.3) is 16.8 Å². The highest BCUT2D eigenvalue weighted by molar-refractivity contribution is 7.80. The smallest absolute Gasteiger partial charge is 0.406 e. The van der Waals surface area contributed by atoms with Crippen molar-refractivity contribution in [1.29, 1.82) is 0 Å². The highest BCUT2D eigenvalue weighted by Crippen LogP contribution is 2.48. The van der Waals surface area contributed by atoms with Gasteiger partial charge in [0.2, 0.25) is 5.95 Å². The molecule has 2 aliphatic rings. The lowest BCUT2D eigenvalue weighted by atomic mass is 9.61. The predicted octanol–water partition coefficient (Wildman–Crippen LogP) is 4.85. The Hall–Kier alpha value is -3.34. The Morgan fingerprint density at radius 3 is 2.61 bits per heavy atom. The van der Waals surface area contributed by atoms with Gasteiger partial charge in [-0.1, -0.05) is 37.7 Å². The number of hydrogen-bond acceptors (Lipinski definition) is 6. The Bertz CT molecular complexity index is 1300. The molecular formula is C25H27F3N6OS. The van der Waals surface area contributed by atoms with E-state index >= 15 is 0 Å². The zero-order valence-corrected chi connectivity index (χ0v) is 20.7. The van der Waals surface area contributed by atoms with E-state index in [0.29, 0.717) is 40.6 Å². The normalized spacial score (nSPS) is 23.9. The number of ether oxygens (including phenoxy) is 1. The van der Waals surface area contributed by atoms with Gasteiger partial charge in [0.1, 0.15) is 10.7 Å². The fourth-order valence-corrected chi connectivity index (χ4v) is 5.88. The summed E-state index contributed by atoms with van der Waals surface area (Å²) in [5.41, 5.74) is 8.61. The van der Waals surface area contributed by atoms with Gasteiger partial charge in [0.25, 0.3) is 0 Å². The summed E-state index contributed by atoms with van der Waals surface area (Å²) in [6, 6.07) is 9.67. The lowest BCUT2D eigenvalue weighted by Gasteiger charge is -2.47. The highest BCUT2D eigenvalue weighted by Gasteiger charge is 2.54. The standard InChI is InChI=1S/C25H27F3N6OS/c1-3-17-19-12-33(21(36)11-14(2)29)13-20(19)22(17)30-24-31-23-18(5-4-10-34(23)32-24)15-6-8-16(9-7-15)35-25(26,27)28/h4-11,17,19-20,22H,3,12-13,29H2,1-2H3,(H,30,32)/t17?,19?,20-,22-/m1/s1. The molecule has 36 heavy (non-hydrogen) atoms. The third-order valence-electron chi connectivity index (χ3n) is 7.08. The third kappa shape index (κ3) is 4.71. The second kappa shape index (κ2) is 9.27. The summed E-state index contributed by atoms with van der Waals surface area (Å²) < 4.78 is 43.1. The van der Waals surface area contributed by atoms with Gasteiger partial charge < -0.3 is 20.7 Å². The van der Waals surface area contributed by atoms with Gasteiger partial charge in [-0.25, -0.2) is 4.52 Å². The van der Waals surface area contributed by atoms with Crippen molar-refractivity contribution in [3.8, 4) is 16.9 Å². The van der Waals surface area contributed by atoms with Crippen molar-refractivity contribution in [1.82, 2.24) is 19.5 Å². The molecule has 3 aromatic rings. The Morgan fingerprint density at radius 1 is 1.22 bits per heavy atom. The van der Waals surface area contributed by atoms with Crippen molar-refractivity contribution < 1.29 is 17.9 Å². The van der Waals surface area contributed by atoms with Crippen molar-refractivity contribution in [2.45, 2.75) is 32.7 Å². The zero-order valence-electron chi connectivity index (χ0n) is 19.9. The molecule has 0 bridgehead atoms. The van der Waals surface area contributed by atoms with Crippen LogP contribution in [-0.2, 0) is 0 Å². The molecule has 4 atom stereocenters. The summed E-state index contributed by atoms with van der Waals surface area (Å²) in [6.07, 6.45) is -0.0455. The quantitative estimate of drug-likeness (QED) is 0.358. The van der Waals surface area contributed by atoms with Gasteiger partial charge in [-0.2, -0.15) is 4.98 Å². The number of thiocarbonyl (C=S) groups is 1. The molecule has 2 aromatic heterocycles. The van der Waals surface area contributed by atoms with Crippen LogP contribution in [0.1, 0.15) is 20.3 Å². The average molecular weight is 517 g/mol. The van der Waals surface area contributed by atoms with E-state index in [0.717, 1.165) is 30.1 Å². The van der Waals surface area contributed by atoms with Gasteiger partial charge in [-0.15, -0.1) is 18.3 Å². The van der Waals surface area contributed by atoms with Crippen molar-refractivity contribution in [2.24, 2.45) is 23.5 Å². The minimum atomic E-state index is -4.73. The second-order valence-electron chi connectivity index (χ2n) is 9.40. The van der Waals surface area contributed by atoms with E-state index in [1.807, 2.05) is 25.1 Å². The molecular weight excluding hydrogens is 489 g/mol. The van der Waals surface area contributed by atoms with Gasteiger partial charge in [0.05, 0.1) is 0 Å². The van der Waals surface area contributed by atoms with Gasteiger partial charge in [0, 0.05) is 42.5 Å². The molecule has 1 aliphatic heterocycles. The van der Waals surface area contributed by atoms with Crippen LogP contribution < -0.4 is 15.8 Å². The maximum Gasteiger partial charge on any atom is 0.573 e. The third-order valence-corrected chi connectivity index (χ3v) is 7.45. The first-order valence-electron chi connectivity index (χ1n) is 11.8. The van der Waals surface area contributed by atoms with Crippen LogP contribution in [0.3, 0.4) is 0 Å². The summed E-state index contributed by atoms with van der Waals surface area (Å²) in [7, 11) is 0. The van der Waals surface area contributed by atoms with Gasteiger partial charge in [0.15, 0.2) is 5.65 Å². The van der Waals surface area contributed by atoms with E-state index in [-0.39, 0.29) is 11.8 Å². The van der Waals surface area contributed by atoms with Gasteiger partial charge in [-0.3, -0.25) is 0 Å². The topological polar surface area (TPSA) is 80.7 Å². The van der Waals surface area contributed by atoms with Gasteiger partial charge >= 0.3 is 6.36 Å². The largest absolute Gasteiger partial charge is 0.573 e. The van der Waals surface area contributed by atoms with Crippen molar-refractivity contribution in [3.63, 3.8) is 0 Å². The van der Waals surface area contributed by atoms with Crippen molar-refractivity contribution in [3.05, 3.63) is 54.4 Å². The molecule has 1 aliphatic carbocycles. The molecule has 3 heterocycles. The first-order valence-corrected chi connectivity index (χ1v) is 12.2. The summed E-state index contributed by atoms with van der Waals surface area (Å²) in [4.78, 5) is 7.74. The van der Waals surface area contributed by atoms with Crippen molar-refractivity contribution >= 4 is 28.8 Å². The number of nitrogens with two attached hydrogens (primary N) is 1. The number of pyridine rings is 1. The number of allylic oxidation sites excluding steroid dienone is 1. The number of halogens is 3. The number of aromatic nitrogens is 3. The molecule has 1 aromatic carbocycles. The first-order chi connectivity index (χ1) is 17.1. The maximum atomic E-state index is 12.5. The number of likely N-dealkylation sites (tertiary alicyclic amines) is 1. The number of benzene rings is 1. The second-order valence-corrected chi connectivity index (χ2v) is 9.82.